The van der Waals surface area contributed by atoms with Gasteiger partial charge in [-0.05, 0) is 17.7 Å². The number of para-hydroxylation sites is 1. The Balaban J connectivity index is 1.84. The SMILES string of the molecule is NC(Cc1nc2ccccc2s1)c1ccccc1. The van der Waals surface area contributed by atoms with Crippen LogP contribution >= 0.6 is 11.3 Å². The molecule has 0 radical (unpaired) electrons. The Morgan fingerprint density at radius 1 is 1.00 bits per heavy atom. The van der Waals surface area contributed by atoms with Gasteiger partial charge in [0.25, 0.3) is 0 Å². The van der Waals surface area contributed by atoms with Crippen molar-refractivity contribution in [2.45, 2.75) is 12.5 Å². The zero-order valence-electron chi connectivity index (χ0n) is 9.91. The number of nitrogens with zero attached hydrogens (tertiary/aromatic N) is 1. The first-order valence-electron chi connectivity index (χ1n) is 5.98. The van der Waals surface area contributed by atoms with Crippen molar-refractivity contribution in [2.24, 2.45) is 5.73 Å². The van der Waals surface area contributed by atoms with Gasteiger partial charge in [-0.2, -0.15) is 0 Å². The zero-order valence-corrected chi connectivity index (χ0v) is 10.7. The van der Waals surface area contributed by atoms with Gasteiger partial charge in [0.1, 0.15) is 0 Å². The lowest BCUT2D eigenvalue weighted by atomic mass is 10.1. The molecule has 0 aliphatic rings. The van der Waals surface area contributed by atoms with Crippen molar-refractivity contribution in [3.05, 3.63) is 65.2 Å². The minimum Gasteiger partial charge on any atom is -0.324 e. The summed E-state index contributed by atoms with van der Waals surface area (Å²) in [7, 11) is 0. The lowest BCUT2D eigenvalue weighted by molar-refractivity contribution is 0.719. The van der Waals surface area contributed by atoms with Gasteiger partial charge < -0.3 is 5.73 Å². The van der Waals surface area contributed by atoms with Gasteiger partial charge in [-0.15, -0.1) is 11.3 Å². The third kappa shape index (κ3) is 2.28. The summed E-state index contributed by atoms with van der Waals surface area (Å²) in [5.74, 6) is 0. The third-order valence-electron chi connectivity index (χ3n) is 2.96. The predicted molar refractivity (Wildman–Crippen MR) is 76.7 cm³/mol. The van der Waals surface area contributed by atoms with E-state index in [1.807, 2.05) is 36.4 Å². The van der Waals surface area contributed by atoms with Crippen LogP contribution in [0.1, 0.15) is 16.6 Å². The van der Waals surface area contributed by atoms with Crippen molar-refractivity contribution in [1.82, 2.24) is 4.98 Å². The molecular weight excluding hydrogens is 240 g/mol. The number of nitrogens with two attached hydrogens (primary N) is 1. The van der Waals surface area contributed by atoms with E-state index in [4.69, 9.17) is 5.73 Å². The molecule has 0 spiro atoms. The standard InChI is InChI=1S/C15H14N2S/c16-12(11-6-2-1-3-7-11)10-15-17-13-8-4-5-9-14(13)18-15/h1-9,12H,10,16H2. The van der Waals surface area contributed by atoms with Crippen LogP contribution in [0.5, 0.6) is 0 Å². The third-order valence-corrected chi connectivity index (χ3v) is 4.02. The van der Waals surface area contributed by atoms with Gasteiger partial charge in [0.15, 0.2) is 0 Å². The second-order valence-corrected chi connectivity index (χ2v) is 5.41. The first kappa shape index (κ1) is 11.4. The van der Waals surface area contributed by atoms with Crippen molar-refractivity contribution < 1.29 is 0 Å². The Morgan fingerprint density at radius 3 is 2.50 bits per heavy atom. The average Bonchev–Trinajstić information content (AvgIpc) is 2.82. The molecule has 2 nitrogen and oxygen atoms in total. The lowest BCUT2D eigenvalue weighted by Gasteiger charge is -2.09. The molecule has 1 aromatic heterocycles. The fourth-order valence-electron chi connectivity index (χ4n) is 2.01. The summed E-state index contributed by atoms with van der Waals surface area (Å²) in [6, 6.07) is 18.4. The number of aromatic nitrogens is 1. The molecule has 90 valence electrons. The average molecular weight is 254 g/mol. The maximum Gasteiger partial charge on any atom is 0.0957 e. The summed E-state index contributed by atoms with van der Waals surface area (Å²) in [6.45, 7) is 0. The second kappa shape index (κ2) is 4.88. The largest absolute Gasteiger partial charge is 0.324 e. The summed E-state index contributed by atoms with van der Waals surface area (Å²) in [5, 5.41) is 1.10. The Hall–Kier alpha value is -1.71. The van der Waals surface area contributed by atoms with Crippen LogP contribution in [0.15, 0.2) is 54.6 Å². The predicted octanol–water partition coefficient (Wildman–Crippen LogP) is 3.54. The van der Waals surface area contributed by atoms with E-state index >= 15 is 0 Å². The summed E-state index contributed by atoms with van der Waals surface area (Å²) in [4.78, 5) is 4.62. The van der Waals surface area contributed by atoms with Gasteiger partial charge in [0, 0.05) is 12.5 Å². The molecule has 3 rings (SSSR count). The zero-order chi connectivity index (χ0) is 12.4. The minimum absolute atomic E-state index is 0.0202. The minimum atomic E-state index is 0.0202. The van der Waals surface area contributed by atoms with E-state index in [0.29, 0.717) is 0 Å². The van der Waals surface area contributed by atoms with Gasteiger partial charge in [-0.3, -0.25) is 0 Å². The van der Waals surface area contributed by atoms with Crippen molar-refractivity contribution in [3.63, 3.8) is 0 Å². The summed E-state index contributed by atoms with van der Waals surface area (Å²) in [6.07, 6.45) is 0.795. The topological polar surface area (TPSA) is 38.9 Å². The number of hydrogen-bond donors (Lipinski definition) is 1. The monoisotopic (exact) mass is 254 g/mol. The fourth-order valence-corrected chi connectivity index (χ4v) is 3.04. The molecule has 1 unspecified atom stereocenters. The number of benzene rings is 2. The lowest BCUT2D eigenvalue weighted by Crippen LogP contribution is -2.12. The van der Waals surface area contributed by atoms with Crippen LogP contribution in [-0.2, 0) is 6.42 Å². The van der Waals surface area contributed by atoms with Crippen molar-refractivity contribution in [1.29, 1.82) is 0 Å². The van der Waals surface area contributed by atoms with Gasteiger partial charge in [-0.25, -0.2) is 4.98 Å². The number of fused-ring (bicyclic) bond motifs is 1. The van der Waals surface area contributed by atoms with E-state index in [1.165, 1.54) is 4.70 Å². The Bertz CT molecular complexity index is 613. The van der Waals surface area contributed by atoms with Crippen LogP contribution < -0.4 is 5.73 Å². The second-order valence-electron chi connectivity index (χ2n) is 4.30. The Morgan fingerprint density at radius 2 is 1.72 bits per heavy atom. The van der Waals surface area contributed by atoms with Gasteiger partial charge in [0.05, 0.1) is 15.2 Å². The molecule has 0 saturated heterocycles. The molecule has 0 amide bonds. The molecule has 0 saturated carbocycles. The van der Waals surface area contributed by atoms with E-state index in [9.17, 15) is 0 Å². The highest BCUT2D eigenvalue weighted by Gasteiger charge is 2.10. The molecule has 2 aromatic carbocycles. The highest BCUT2D eigenvalue weighted by atomic mass is 32.1. The highest BCUT2D eigenvalue weighted by Crippen LogP contribution is 2.25. The summed E-state index contributed by atoms with van der Waals surface area (Å²) in [5.41, 5.74) is 8.45. The summed E-state index contributed by atoms with van der Waals surface area (Å²) >= 11 is 1.73. The first-order chi connectivity index (χ1) is 8.83. The van der Waals surface area contributed by atoms with E-state index in [0.717, 1.165) is 22.5 Å². The van der Waals surface area contributed by atoms with Gasteiger partial charge in [0.2, 0.25) is 0 Å². The maximum atomic E-state index is 6.22. The molecular formula is C15H14N2S. The number of hydrogen-bond acceptors (Lipinski definition) is 3. The van der Waals surface area contributed by atoms with Crippen LogP contribution in [0, 0.1) is 0 Å². The van der Waals surface area contributed by atoms with Crippen molar-refractivity contribution >= 4 is 21.6 Å². The molecule has 3 aromatic rings. The smallest absolute Gasteiger partial charge is 0.0957 e. The van der Waals surface area contributed by atoms with Crippen LogP contribution in [0.4, 0.5) is 0 Å². The van der Waals surface area contributed by atoms with E-state index in [1.54, 1.807) is 11.3 Å². The normalized spacial score (nSPS) is 12.7. The molecule has 0 bridgehead atoms. The van der Waals surface area contributed by atoms with Crippen LogP contribution in [0.25, 0.3) is 10.2 Å². The molecule has 18 heavy (non-hydrogen) atoms. The first-order valence-corrected chi connectivity index (χ1v) is 6.79. The molecule has 0 aliphatic heterocycles. The van der Waals surface area contributed by atoms with Crippen LogP contribution in [0.3, 0.4) is 0 Å². The molecule has 2 N–H and O–H groups in total. The molecule has 3 heteroatoms. The van der Waals surface area contributed by atoms with E-state index in [2.05, 4.69) is 23.2 Å². The Kier molecular flexibility index (Phi) is 3.09. The molecule has 1 heterocycles. The van der Waals surface area contributed by atoms with E-state index < -0.39 is 0 Å². The maximum absolute atomic E-state index is 6.22. The van der Waals surface area contributed by atoms with Gasteiger partial charge in [-0.1, -0.05) is 42.5 Å². The van der Waals surface area contributed by atoms with Crippen molar-refractivity contribution in [2.75, 3.05) is 0 Å². The van der Waals surface area contributed by atoms with Crippen LogP contribution in [-0.4, -0.2) is 4.98 Å². The number of rotatable bonds is 3. The quantitative estimate of drug-likeness (QED) is 0.776. The molecule has 0 aliphatic carbocycles. The highest BCUT2D eigenvalue weighted by molar-refractivity contribution is 7.18. The van der Waals surface area contributed by atoms with Crippen LogP contribution in [0.2, 0.25) is 0 Å². The fraction of sp³-hybridized carbons (Fsp3) is 0.133. The molecule has 0 fully saturated rings. The Labute approximate surface area is 110 Å². The molecule has 1 atom stereocenters. The summed E-state index contributed by atoms with van der Waals surface area (Å²) < 4.78 is 1.23. The van der Waals surface area contributed by atoms with E-state index in [-0.39, 0.29) is 6.04 Å². The van der Waals surface area contributed by atoms with Gasteiger partial charge >= 0.3 is 0 Å². The number of thiazole rings is 1. The van der Waals surface area contributed by atoms with Crippen molar-refractivity contribution in [3.8, 4) is 0 Å².